The summed E-state index contributed by atoms with van der Waals surface area (Å²) < 4.78 is 7.73. The fourth-order valence-electron chi connectivity index (χ4n) is 2.34. The molecule has 1 heterocycles. The van der Waals surface area contributed by atoms with Gasteiger partial charge < -0.3 is 9.30 Å². The van der Waals surface area contributed by atoms with E-state index in [1.807, 2.05) is 0 Å². The molecule has 0 saturated carbocycles. The van der Waals surface area contributed by atoms with E-state index in [0.29, 0.717) is 12.5 Å². The maximum Gasteiger partial charge on any atom is 0.106 e. The Morgan fingerprint density at radius 1 is 1.31 bits per heavy atom. The predicted octanol–water partition coefficient (Wildman–Crippen LogP) is 2.33. The standard InChI is InChI=1S/C12H19ClN2O/c1-10-14-11-4-2-3-5-12(11)15(10)7-9-16-8-6-13/h2-9H2,1H3. The highest BCUT2D eigenvalue weighted by molar-refractivity contribution is 6.17. The van der Waals surface area contributed by atoms with Crippen LogP contribution in [0.3, 0.4) is 0 Å². The Labute approximate surface area is 102 Å². The quantitative estimate of drug-likeness (QED) is 0.585. The number of alkyl halides is 1. The Hall–Kier alpha value is -0.540. The third kappa shape index (κ3) is 2.58. The van der Waals surface area contributed by atoms with Crippen molar-refractivity contribution < 1.29 is 4.74 Å². The molecule has 0 saturated heterocycles. The smallest absolute Gasteiger partial charge is 0.106 e. The summed E-state index contributed by atoms with van der Waals surface area (Å²) in [5.74, 6) is 1.70. The van der Waals surface area contributed by atoms with Crippen LogP contribution in [0, 0.1) is 6.92 Å². The molecule has 0 bridgehead atoms. The molecule has 0 unspecified atom stereocenters. The largest absolute Gasteiger partial charge is 0.378 e. The van der Waals surface area contributed by atoms with Crippen molar-refractivity contribution in [3.63, 3.8) is 0 Å². The zero-order valence-corrected chi connectivity index (χ0v) is 10.6. The van der Waals surface area contributed by atoms with Crippen molar-refractivity contribution in [1.29, 1.82) is 0 Å². The van der Waals surface area contributed by atoms with Crippen molar-refractivity contribution in [1.82, 2.24) is 9.55 Å². The molecule has 1 aromatic heterocycles. The molecule has 0 amide bonds. The summed E-state index contributed by atoms with van der Waals surface area (Å²) in [4.78, 5) is 4.63. The summed E-state index contributed by atoms with van der Waals surface area (Å²) in [5, 5.41) is 0. The van der Waals surface area contributed by atoms with E-state index in [1.165, 1.54) is 30.7 Å². The molecular weight excluding hydrogens is 224 g/mol. The van der Waals surface area contributed by atoms with E-state index < -0.39 is 0 Å². The molecule has 0 aromatic carbocycles. The van der Waals surface area contributed by atoms with Gasteiger partial charge in [-0.2, -0.15) is 0 Å². The van der Waals surface area contributed by atoms with Crippen molar-refractivity contribution >= 4 is 11.6 Å². The molecule has 90 valence electrons. The van der Waals surface area contributed by atoms with Gasteiger partial charge in [-0.3, -0.25) is 0 Å². The second-order valence-electron chi connectivity index (χ2n) is 4.21. The molecule has 0 fully saturated rings. The van der Waals surface area contributed by atoms with E-state index in [2.05, 4.69) is 16.5 Å². The molecule has 0 aliphatic heterocycles. The topological polar surface area (TPSA) is 27.1 Å². The van der Waals surface area contributed by atoms with Crippen molar-refractivity contribution in [3.05, 3.63) is 17.2 Å². The first-order chi connectivity index (χ1) is 7.83. The van der Waals surface area contributed by atoms with Crippen LogP contribution in [-0.4, -0.2) is 28.6 Å². The first kappa shape index (κ1) is 11.9. The number of nitrogens with zero attached hydrogens (tertiary/aromatic N) is 2. The highest BCUT2D eigenvalue weighted by atomic mass is 35.5. The number of ether oxygens (including phenoxy) is 1. The number of hydrogen-bond donors (Lipinski definition) is 0. The molecule has 1 aromatic rings. The second-order valence-corrected chi connectivity index (χ2v) is 4.59. The van der Waals surface area contributed by atoms with Gasteiger partial charge in [0.25, 0.3) is 0 Å². The van der Waals surface area contributed by atoms with Gasteiger partial charge >= 0.3 is 0 Å². The van der Waals surface area contributed by atoms with Crippen LogP contribution < -0.4 is 0 Å². The Bertz CT molecular complexity index is 349. The molecule has 2 rings (SSSR count). The fourth-order valence-corrected chi connectivity index (χ4v) is 2.45. The number of rotatable bonds is 5. The van der Waals surface area contributed by atoms with Gasteiger partial charge in [0.05, 0.1) is 18.9 Å². The fraction of sp³-hybridized carbons (Fsp3) is 0.750. The third-order valence-corrected chi connectivity index (χ3v) is 3.26. The van der Waals surface area contributed by atoms with Crippen LogP contribution in [0.1, 0.15) is 30.1 Å². The van der Waals surface area contributed by atoms with Gasteiger partial charge in [-0.05, 0) is 32.6 Å². The van der Waals surface area contributed by atoms with Gasteiger partial charge in [0.1, 0.15) is 5.82 Å². The molecule has 0 radical (unpaired) electrons. The van der Waals surface area contributed by atoms with Crippen LogP contribution in [0.5, 0.6) is 0 Å². The molecule has 1 aliphatic carbocycles. The van der Waals surface area contributed by atoms with E-state index >= 15 is 0 Å². The summed E-state index contributed by atoms with van der Waals surface area (Å²) in [6.45, 7) is 4.36. The Morgan fingerprint density at radius 3 is 2.94 bits per heavy atom. The molecule has 16 heavy (non-hydrogen) atoms. The second kappa shape index (κ2) is 5.69. The van der Waals surface area contributed by atoms with Crippen molar-refractivity contribution in [3.8, 4) is 0 Å². The van der Waals surface area contributed by atoms with E-state index in [-0.39, 0.29) is 0 Å². The third-order valence-electron chi connectivity index (χ3n) is 3.10. The average molecular weight is 243 g/mol. The molecule has 1 aliphatic rings. The number of imidazole rings is 1. The minimum atomic E-state index is 0.570. The molecule has 0 N–H and O–H groups in total. The summed E-state index contributed by atoms with van der Waals surface area (Å²) in [6, 6.07) is 0. The van der Waals surface area contributed by atoms with Crippen LogP contribution >= 0.6 is 11.6 Å². The van der Waals surface area contributed by atoms with Gasteiger partial charge in [0.2, 0.25) is 0 Å². The lowest BCUT2D eigenvalue weighted by Gasteiger charge is -2.14. The predicted molar refractivity (Wildman–Crippen MR) is 65.1 cm³/mol. The van der Waals surface area contributed by atoms with E-state index in [0.717, 1.165) is 25.4 Å². The molecule has 0 spiro atoms. The number of aromatic nitrogens is 2. The molecule has 0 atom stereocenters. The maximum atomic E-state index is 5.56. The highest BCUT2D eigenvalue weighted by Crippen LogP contribution is 2.21. The summed E-state index contributed by atoms with van der Waals surface area (Å²) in [7, 11) is 0. The van der Waals surface area contributed by atoms with Crippen molar-refractivity contribution in [2.75, 3.05) is 19.1 Å². The minimum absolute atomic E-state index is 0.570. The maximum absolute atomic E-state index is 5.56. The van der Waals surface area contributed by atoms with Gasteiger partial charge in [-0.25, -0.2) is 4.98 Å². The summed E-state index contributed by atoms with van der Waals surface area (Å²) >= 11 is 5.56. The lowest BCUT2D eigenvalue weighted by atomic mass is 10.0. The first-order valence-corrected chi connectivity index (χ1v) is 6.55. The van der Waals surface area contributed by atoms with Crippen LogP contribution in [0.4, 0.5) is 0 Å². The number of hydrogen-bond acceptors (Lipinski definition) is 2. The highest BCUT2D eigenvalue weighted by Gasteiger charge is 2.17. The van der Waals surface area contributed by atoms with Gasteiger partial charge in [-0.1, -0.05) is 0 Å². The first-order valence-electron chi connectivity index (χ1n) is 6.01. The van der Waals surface area contributed by atoms with Crippen LogP contribution in [0.2, 0.25) is 0 Å². The summed E-state index contributed by atoms with van der Waals surface area (Å²) in [5.41, 5.74) is 2.74. The van der Waals surface area contributed by atoms with Crippen molar-refractivity contribution in [2.24, 2.45) is 0 Å². The lowest BCUT2D eigenvalue weighted by Crippen LogP contribution is -2.13. The van der Waals surface area contributed by atoms with Crippen LogP contribution in [-0.2, 0) is 24.1 Å². The Kier molecular flexibility index (Phi) is 4.24. The van der Waals surface area contributed by atoms with E-state index in [4.69, 9.17) is 16.3 Å². The van der Waals surface area contributed by atoms with Gasteiger partial charge in [0.15, 0.2) is 0 Å². The van der Waals surface area contributed by atoms with Crippen LogP contribution in [0.15, 0.2) is 0 Å². The SMILES string of the molecule is Cc1nc2c(n1CCOCCCl)CCCC2. The Balaban J connectivity index is 1.99. The molecule has 3 nitrogen and oxygen atoms in total. The Morgan fingerprint density at radius 2 is 2.12 bits per heavy atom. The average Bonchev–Trinajstić information content (AvgIpc) is 2.61. The number of fused-ring (bicyclic) bond motifs is 1. The normalized spacial score (nSPS) is 15.1. The minimum Gasteiger partial charge on any atom is -0.378 e. The van der Waals surface area contributed by atoms with Crippen molar-refractivity contribution in [2.45, 2.75) is 39.2 Å². The number of halogens is 1. The molecular formula is C12H19ClN2O. The lowest BCUT2D eigenvalue weighted by molar-refractivity contribution is 0.139. The van der Waals surface area contributed by atoms with Gasteiger partial charge in [-0.15, -0.1) is 11.6 Å². The zero-order chi connectivity index (χ0) is 11.4. The summed E-state index contributed by atoms with van der Waals surface area (Å²) in [6.07, 6.45) is 4.89. The van der Waals surface area contributed by atoms with Gasteiger partial charge in [0, 0.05) is 18.1 Å². The molecule has 4 heteroatoms. The number of aryl methyl sites for hydroxylation is 2. The zero-order valence-electron chi connectivity index (χ0n) is 9.84. The van der Waals surface area contributed by atoms with E-state index in [9.17, 15) is 0 Å². The van der Waals surface area contributed by atoms with E-state index in [1.54, 1.807) is 0 Å². The monoisotopic (exact) mass is 242 g/mol. The van der Waals surface area contributed by atoms with Crippen LogP contribution in [0.25, 0.3) is 0 Å².